The average Bonchev–Trinajstić information content (AvgIpc) is 2.42. The first kappa shape index (κ1) is 8.01. The quantitative estimate of drug-likeness (QED) is 0.550. The molecular weight excluding hydrogens is 156 g/mol. The smallest absolute Gasteiger partial charge is 0.320 e. The molecule has 2 saturated heterocycles. The van der Waals surface area contributed by atoms with Crippen LogP contribution in [0.3, 0.4) is 0 Å². The maximum Gasteiger partial charge on any atom is 0.320 e. The van der Waals surface area contributed by atoms with Gasteiger partial charge in [-0.1, -0.05) is 0 Å². The molecule has 4 nitrogen and oxygen atoms in total. The van der Waals surface area contributed by atoms with Crippen LogP contribution in [0.1, 0.15) is 6.42 Å². The molecule has 2 N–H and O–H groups in total. The molecule has 12 heavy (non-hydrogen) atoms. The van der Waals surface area contributed by atoms with E-state index in [1.54, 1.807) is 0 Å². The number of aliphatic carboxylic acids is 1. The highest BCUT2D eigenvalue weighted by Gasteiger charge is 2.41. The third kappa shape index (κ3) is 1.21. The van der Waals surface area contributed by atoms with Crippen LogP contribution < -0.4 is 5.32 Å². The molecular formula is C8H14N2O2. The summed E-state index contributed by atoms with van der Waals surface area (Å²) in [5, 5.41) is 11.9. The van der Waals surface area contributed by atoms with Gasteiger partial charge in [-0.15, -0.1) is 0 Å². The number of carboxylic acids is 1. The number of hydrogen-bond donors (Lipinski definition) is 2. The molecule has 0 aliphatic carbocycles. The normalized spacial score (nSPS) is 41.6. The Morgan fingerprint density at radius 1 is 1.58 bits per heavy atom. The minimum atomic E-state index is -0.702. The molecule has 2 heterocycles. The standard InChI is InChI=1S/C8H14N2O2/c1-10-3-5-2-6(8(11)12)9-7(5)4-10/h5-7,9H,2-4H2,1H3,(H,11,12). The molecule has 0 aromatic rings. The predicted molar refractivity (Wildman–Crippen MR) is 44.0 cm³/mol. The first-order chi connectivity index (χ1) is 5.66. The number of carbonyl (C=O) groups is 1. The van der Waals surface area contributed by atoms with Crippen LogP contribution in [0.25, 0.3) is 0 Å². The van der Waals surface area contributed by atoms with Crippen LogP contribution in [0.15, 0.2) is 0 Å². The van der Waals surface area contributed by atoms with Crippen molar-refractivity contribution in [3.63, 3.8) is 0 Å². The van der Waals surface area contributed by atoms with Gasteiger partial charge in [0.1, 0.15) is 6.04 Å². The summed E-state index contributed by atoms with van der Waals surface area (Å²) in [6.07, 6.45) is 0.796. The number of carboxylic acid groups (broad SMARTS) is 1. The Labute approximate surface area is 71.5 Å². The lowest BCUT2D eigenvalue weighted by atomic mass is 10.0. The van der Waals surface area contributed by atoms with Crippen LogP contribution in [-0.2, 0) is 4.79 Å². The topological polar surface area (TPSA) is 52.6 Å². The molecule has 3 atom stereocenters. The summed E-state index contributed by atoms with van der Waals surface area (Å²) in [6, 6.07) is 0.116. The van der Waals surface area contributed by atoms with Crippen LogP contribution >= 0.6 is 0 Å². The van der Waals surface area contributed by atoms with Gasteiger partial charge in [0.25, 0.3) is 0 Å². The van der Waals surface area contributed by atoms with Crippen molar-refractivity contribution in [3.05, 3.63) is 0 Å². The summed E-state index contributed by atoms with van der Waals surface area (Å²) < 4.78 is 0. The van der Waals surface area contributed by atoms with Crippen molar-refractivity contribution in [2.24, 2.45) is 5.92 Å². The Bertz CT molecular complexity index is 193. The van der Waals surface area contributed by atoms with E-state index in [4.69, 9.17) is 5.11 Å². The second-order valence-electron chi connectivity index (χ2n) is 3.88. The Balaban J connectivity index is 1.98. The van der Waals surface area contributed by atoms with Crippen molar-refractivity contribution in [2.75, 3.05) is 20.1 Å². The summed E-state index contributed by atoms with van der Waals surface area (Å²) in [4.78, 5) is 12.9. The van der Waals surface area contributed by atoms with Gasteiger partial charge in [-0.3, -0.25) is 10.1 Å². The monoisotopic (exact) mass is 170 g/mol. The largest absolute Gasteiger partial charge is 0.480 e. The highest BCUT2D eigenvalue weighted by molar-refractivity contribution is 5.74. The van der Waals surface area contributed by atoms with Crippen molar-refractivity contribution >= 4 is 5.97 Å². The number of likely N-dealkylation sites (N-methyl/N-ethyl adjacent to an activating group) is 1. The number of likely N-dealkylation sites (tertiary alicyclic amines) is 1. The van der Waals surface area contributed by atoms with Gasteiger partial charge in [-0.25, -0.2) is 0 Å². The van der Waals surface area contributed by atoms with E-state index in [1.165, 1.54) is 0 Å². The van der Waals surface area contributed by atoms with Crippen LogP contribution in [0.4, 0.5) is 0 Å². The second-order valence-corrected chi connectivity index (χ2v) is 3.88. The predicted octanol–water partition coefficient (Wildman–Crippen LogP) is -0.637. The van der Waals surface area contributed by atoms with Crippen molar-refractivity contribution in [1.29, 1.82) is 0 Å². The van der Waals surface area contributed by atoms with Gasteiger partial charge >= 0.3 is 5.97 Å². The van der Waals surface area contributed by atoms with E-state index in [9.17, 15) is 4.79 Å². The summed E-state index contributed by atoms with van der Waals surface area (Å²) in [6.45, 7) is 2.04. The third-order valence-corrected chi connectivity index (χ3v) is 2.88. The Morgan fingerprint density at radius 2 is 2.33 bits per heavy atom. The maximum atomic E-state index is 10.6. The molecule has 0 spiro atoms. The molecule has 68 valence electrons. The van der Waals surface area contributed by atoms with Gasteiger partial charge in [0.2, 0.25) is 0 Å². The van der Waals surface area contributed by atoms with Gasteiger partial charge in [0.15, 0.2) is 0 Å². The van der Waals surface area contributed by atoms with Crippen LogP contribution in [0.2, 0.25) is 0 Å². The molecule has 2 aliphatic heterocycles. The zero-order valence-corrected chi connectivity index (χ0v) is 7.16. The Hall–Kier alpha value is -0.610. The van der Waals surface area contributed by atoms with E-state index >= 15 is 0 Å². The molecule has 4 heteroatoms. The zero-order valence-electron chi connectivity index (χ0n) is 7.16. The van der Waals surface area contributed by atoms with E-state index in [0.717, 1.165) is 19.5 Å². The van der Waals surface area contributed by atoms with E-state index < -0.39 is 5.97 Å². The van der Waals surface area contributed by atoms with Gasteiger partial charge in [0.05, 0.1) is 0 Å². The van der Waals surface area contributed by atoms with Crippen LogP contribution in [0, 0.1) is 5.92 Å². The SMILES string of the molecule is CN1CC2CC(C(=O)O)NC2C1. The summed E-state index contributed by atoms with van der Waals surface area (Å²) in [5.74, 6) is -0.150. The third-order valence-electron chi connectivity index (χ3n) is 2.88. The minimum absolute atomic E-state index is 0.298. The lowest BCUT2D eigenvalue weighted by Crippen LogP contribution is -2.38. The number of nitrogens with one attached hydrogen (secondary N) is 1. The molecule has 2 rings (SSSR count). The van der Waals surface area contributed by atoms with Crippen LogP contribution in [0.5, 0.6) is 0 Å². The highest BCUT2D eigenvalue weighted by atomic mass is 16.4. The van der Waals surface area contributed by atoms with E-state index in [0.29, 0.717) is 12.0 Å². The summed E-state index contributed by atoms with van der Waals surface area (Å²) >= 11 is 0. The van der Waals surface area contributed by atoms with E-state index in [-0.39, 0.29) is 6.04 Å². The first-order valence-corrected chi connectivity index (χ1v) is 4.34. The van der Waals surface area contributed by atoms with Crippen molar-refractivity contribution in [2.45, 2.75) is 18.5 Å². The molecule has 0 radical (unpaired) electrons. The van der Waals surface area contributed by atoms with Crippen molar-refractivity contribution in [1.82, 2.24) is 10.2 Å². The molecule has 2 fully saturated rings. The minimum Gasteiger partial charge on any atom is -0.480 e. The van der Waals surface area contributed by atoms with Gasteiger partial charge in [0, 0.05) is 19.1 Å². The van der Waals surface area contributed by atoms with Crippen molar-refractivity contribution < 1.29 is 9.90 Å². The Kier molecular flexibility index (Phi) is 1.81. The van der Waals surface area contributed by atoms with Crippen LogP contribution in [-0.4, -0.2) is 48.2 Å². The average molecular weight is 170 g/mol. The first-order valence-electron chi connectivity index (χ1n) is 4.34. The molecule has 0 bridgehead atoms. The summed E-state index contributed by atoms with van der Waals surface area (Å²) in [7, 11) is 2.08. The Morgan fingerprint density at radius 3 is 2.92 bits per heavy atom. The maximum absolute atomic E-state index is 10.6. The number of nitrogens with zero attached hydrogens (tertiary/aromatic N) is 1. The van der Waals surface area contributed by atoms with Gasteiger partial charge in [-0.05, 0) is 19.4 Å². The number of hydrogen-bond acceptors (Lipinski definition) is 3. The van der Waals surface area contributed by atoms with Crippen molar-refractivity contribution in [3.8, 4) is 0 Å². The molecule has 0 amide bonds. The molecule has 0 aromatic carbocycles. The van der Waals surface area contributed by atoms with Gasteiger partial charge in [-0.2, -0.15) is 0 Å². The lowest BCUT2D eigenvalue weighted by Gasteiger charge is -2.11. The second kappa shape index (κ2) is 2.71. The fourth-order valence-electron chi connectivity index (χ4n) is 2.32. The summed E-state index contributed by atoms with van der Waals surface area (Å²) in [5.41, 5.74) is 0. The van der Waals surface area contributed by atoms with Gasteiger partial charge < -0.3 is 10.0 Å². The molecule has 2 aliphatic rings. The fourth-order valence-corrected chi connectivity index (χ4v) is 2.32. The zero-order chi connectivity index (χ0) is 8.72. The highest BCUT2D eigenvalue weighted by Crippen LogP contribution is 2.26. The lowest BCUT2D eigenvalue weighted by molar-refractivity contribution is -0.139. The molecule has 0 aromatic heterocycles. The number of rotatable bonds is 1. The van der Waals surface area contributed by atoms with E-state index in [2.05, 4.69) is 17.3 Å². The molecule has 3 unspecified atom stereocenters. The number of fused-ring (bicyclic) bond motifs is 1. The molecule has 0 saturated carbocycles. The fraction of sp³-hybridized carbons (Fsp3) is 0.875. The van der Waals surface area contributed by atoms with E-state index in [1.807, 2.05) is 0 Å².